The number of para-hydroxylation sites is 1. The Balaban J connectivity index is 1.99. The topological polar surface area (TPSA) is 63.9 Å². The molecule has 0 N–H and O–H groups in total. The van der Waals surface area contributed by atoms with Crippen LogP contribution in [0.1, 0.15) is 35.5 Å². The number of amides is 1. The van der Waals surface area contributed by atoms with Crippen molar-refractivity contribution in [3.63, 3.8) is 0 Å². The molecule has 0 aliphatic carbocycles. The highest BCUT2D eigenvalue weighted by molar-refractivity contribution is 6.32. The van der Waals surface area contributed by atoms with E-state index in [1.54, 1.807) is 23.9 Å². The number of carbonyl (C=O) groups is 1. The second-order valence-corrected chi connectivity index (χ2v) is 6.37. The summed E-state index contributed by atoms with van der Waals surface area (Å²) in [7, 11) is 1.67. The van der Waals surface area contributed by atoms with E-state index in [1.807, 2.05) is 37.3 Å². The van der Waals surface area contributed by atoms with Gasteiger partial charge in [-0.25, -0.2) is 14.6 Å². The van der Waals surface area contributed by atoms with Crippen molar-refractivity contribution in [2.24, 2.45) is 0 Å². The minimum absolute atomic E-state index is 0.124. The highest BCUT2D eigenvalue weighted by Gasteiger charge is 2.22. The van der Waals surface area contributed by atoms with E-state index in [0.29, 0.717) is 28.8 Å². The van der Waals surface area contributed by atoms with E-state index in [1.165, 1.54) is 4.90 Å². The monoisotopic (exact) mass is 369 g/mol. The van der Waals surface area contributed by atoms with Gasteiger partial charge in [0.15, 0.2) is 0 Å². The molecule has 0 aliphatic rings. The number of aromatic nitrogens is 4. The van der Waals surface area contributed by atoms with Gasteiger partial charge in [-0.15, -0.1) is 5.10 Å². The van der Waals surface area contributed by atoms with Crippen LogP contribution in [-0.2, 0) is 6.42 Å². The molecule has 0 saturated carbocycles. The maximum Gasteiger partial charge on any atom is 0.298 e. The average molecular weight is 370 g/mol. The zero-order valence-electron chi connectivity index (χ0n) is 15.0. The van der Waals surface area contributed by atoms with Crippen molar-refractivity contribution in [2.45, 2.75) is 26.7 Å². The number of hydrogen-bond acceptors (Lipinski definition) is 4. The summed E-state index contributed by atoms with van der Waals surface area (Å²) in [5.74, 6) is 1.07. The molecule has 0 spiro atoms. The van der Waals surface area contributed by atoms with Gasteiger partial charge in [0.05, 0.1) is 10.7 Å². The van der Waals surface area contributed by atoms with Crippen molar-refractivity contribution in [2.75, 3.05) is 11.9 Å². The van der Waals surface area contributed by atoms with E-state index in [9.17, 15) is 4.79 Å². The lowest BCUT2D eigenvalue weighted by Crippen LogP contribution is -2.28. The van der Waals surface area contributed by atoms with Gasteiger partial charge >= 0.3 is 0 Å². The van der Waals surface area contributed by atoms with Crippen LogP contribution in [0.2, 0.25) is 5.02 Å². The fraction of sp³-hybridized carbons (Fsp3) is 0.263. The summed E-state index contributed by atoms with van der Waals surface area (Å²) >= 11 is 6.30. The van der Waals surface area contributed by atoms with Gasteiger partial charge in [0.2, 0.25) is 5.82 Å². The minimum Gasteiger partial charge on any atom is -0.293 e. The summed E-state index contributed by atoms with van der Waals surface area (Å²) in [4.78, 5) is 23.2. The lowest BCUT2D eigenvalue weighted by molar-refractivity contribution is 0.0982. The van der Waals surface area contributed by atoms with E-state index in [2.05, 4.69) is 22.0 Å². The zero-order valence-corrected chi connectivity index (χ0v) is 15.7. The molecule has 0 atom stereocenters. The van der Waals surface area contributed by atoms with Crippen LogP contribution in [-0.4, -0.2) is 32.7 Å². The summed E-state index contributed by atoms with van der Waals surface area (Å²) in [5.41, 5.74) is 1.55. The molecule has 0 radical (unpaired) electrons. The van der Waals surface area contributed by atoms with Crippen molar-refractivity contribution in [1.29, 1.82) is 0 Å². The lowest BCUT2D eigenvalue weighted by atomic mass is 10.3. The first kappa shape index (κ1) is 18.1. The SMILES string of the molecule is CCCc1nc(C(=O)N(C)c2cccc(C)n2)nn1-c1ccccc1Cl. The third-order valence-electron chi connectivity index (χ3n) is 3.94. The Hall–Kier alpha value is -2.73. The summed E-state index contributed by atoms with van der Waals surface area (Å²) in [6.45, 7) is 3.93. The van der Waals surface area contributed by atoms with E-state index in [4.69, 9.17) is 11.6 Å². The van der Waals surface area contributed by atoms with Gasteiger partial charge in [-0.1, -0.05) is 36.7 Å². The maximum absolute atomic E-state index is 12.9. The van der Waals surface area contributed by atoms with Gasteiger partial charge in [-0.2, -0.15) is 0 Å². The van der Waals surface area contributed by atoms with E-state index < -0.39 is 0 Å². The number of aryl methyl sites for hydroxylation is 2. The number of anilines is 1. The lowest BCUT2D eigenvalue weighted by Gasteiger charge is -2.14. The fourth-order valence-electron chi connectivity index (χ4n) is 2.61. The van der Waals surface area contributed by atoms with E-state index in [-0.39, 0.29) is 11.7 Å². The zero-order chi connectivity index (χ0) is 18.7. The van der Waals surface area contributed by atoms with Crippen LogP contribution in [0.15, 0.2) is 42.5 Å². The molecule has 0 unspecified atom stereocenters. The molecular formula is C19H20ClN5O. The molecule has 0 bridgehead atoms. The second kappa shape index (κ2) is 7.66. The smallest absolute Gasteiger partial charge is 0.293 e. The molecule has 7 heteroatoms. The van der Waals surface area contributed by atoms with Gasteiger partial charge < -0.3 is 0 Å². The summed E-state index contributed by atoms with van der Waals surface area (Å²) < 4.78 is 1.65. The first-order valence-electron chi connectivity index (χ1n) is 8.43. The summed E-state index contributed by atoms with van der Waals surface area (Å²) in [6.07, 6.45) is 1.57. The quantitative estimate of drug-likeness (QED) is 0.685. The van der Waals surface area contributed by atoms with Crippen molar-refractivity contribution in [3.05, 3.63) is 64.8 Å². The number of benzene rings is 1. The highest BCUT2D eigenvalue weighted by atomic mass is 35.5. The van der Waals surface area contributed by atoms with E-state index in [0.717, 1.165) is 12.1 Å². The van der Waals surface area contributed by atoms with Gasteiger partial charge in [0, 0.05) is 19.2 Å². The molecule has 0 fully saturated rings. The molecule has 2 aromatic heterocycles. The minimum atomic E-state index is -0.314. The average Bonchev–Trinajstić information content (AvgIpc) is 3.05. The fourth-order valence-corrected chi connectivity index (χ4v) is 2.82. The van der Waals surface area contributed by atoms with Crippen LogP contribution in [0.5, 0.6) is 0 Å². The Kier molecular flexibility index (Phi) is 5.32. The number of carbonyl (C=O) groups excluding carboxylic acids is 1. The van der Waals surface area contributed by atoms with E-state index >= 15 is 0 Å². The van der Waals surface area contributed by atoms with Crippen LogP contribution < -0.4 is 4.90 Å². The van der Waals surface area contributed by atoms with Crippen LogP contribution >= 0.6 is 11.6 Å². The van der Waals surface area contributed by atoms with Crippen LogP contribution in [0.3, 0.4) is 0 Å². The Morgan fingerprint density at radius 1 is 1.15 bits per heavy atom. The Bertz CT molecular complexity index is 937. The van der Waals surface area contributed by atoms with Crippen molar-refractivity contribution >= 4 is 23.3 Å². The molecule has 1 aromatic carbocycles. The van der Waals surface area contributed by atoms with Gasteiger partial charge in [-0.3, -0.25) is 9.69 Å². The molecular weight excluding hydrogens is 350 g/mol. The van der Waals surface area contributed by atoms with Gasteiger partial charge in [0.25, 0.3) is 5.91 Å². The van der Waals surface area contributed by atoms with Crippen LogP contribution in [0.4, 0.5) is 5.82 Å². The molecule has 26 heavy (non-hydrogen) atoms. The second-order valence-electron chi connectivity index (χ2n) is 5.97. The molecule has 6 nitrogen and oxygen atoms in total. The molecule has 0 aliphatic heterocycles. The normalized spacial score (nSPS) is 10.8. The number of rotatable bonds is 5. The summed E-state index contributed by atoms with van der Waals surface area (Å²) in [6, 6.07) is 12.9. The first-order chi connectivity index (χ1) is 12.5. The third kappa shape index (κ3) is 3.60. The molecule has 3 rings (SSSR count). The predicted molar refractivity (Wildman–Crippen MR) is 102 cm³/mol. The number of hydrogen-bond donors (Lipinski definition) is 0. The van der Waals surface area contributed by atoms with Crippen molar-refractivity contribution < 1.29 is 4.79 Å². The predicted octanol–water partition coefficient (Wildman–Crippen LogP) is 3.85. The number of pyridine rings is 1. The van der Waals surface area contributed by atoms with Gasteiger partial charge in [0.1, 0.15) is 11.6 Å². The largest absolute Gasteiger partial charge is 0.298 e. The number of halogens is 1. The molecule has 3 aromatic rings. The molecule has 2 heterocycles. The first-order valence-corrected chi connectivity index (χ1v) is 8.81. The van der Waals surface area contributed by atoms with Crippen LogP contribution in [0.25, 0.3) is 5.69 Å². The maximum atomic E-state index is 12.9. The Morgan fingerprint density at radius 2 is 1.92 bits per heavy atom. The van der Waals surface area contributed by atoms with Crippen molar-refractivity contribution in [3.8, 4) is 5.69 Å². The Morgan fingerprint density at radius 3 is 2.62 bits per heavy atom. The van der Waals surface area contributed by atoms with Gasteiger partial charge in [-0.05, 0) is 37.6 Å². The van der Waals surface area contributed by atoms with Crippen molar-refractivity contribution in [1.82, 2.24) is 19.7 Å². The molecule has 0 saturated heterocycles. The standard InChI is InChI=1S/C19H20ClN5O/c1-4-8-17-22-18(23-25(17)15-11-6-5-10-14(15)20)19(26)24(3)16-12-7-9-13(2)21-16/h5-7,9-12H,4,8H2,1-3H3. The molecule has 134 valence electrons. The van der Waals surface area contributed by atoms with Crippen LogP contribution in [0, 0.1) is 6.92 Å². The number of nitrogens with zero attached hydrogens (tertiary/aromatic N) is 5. The Labute approximate surface area is 157 Å². The molecule has 1 amide bonds. The third-order valence-corrected chi connectivity index (χ3v) is 4.26. The summed E-state index contributed by atoms with van der Waals surface area (Å²) in [5, 5.41) is 4.99. The highest BCUT2D eigenvalue weighted by Crippen LogP contribution is 2.21.